The van der Waals surface area contributed by atoms with Crippen molar-refractivity contribution in [1.82, 2.24) is 0 Å². The van der Waals surface area contributed by atoms with E-state index in [-0.39, 0.29) is 0 Å². The normalized spacial score (nSPS) is 11.2. The lowest BCUT2D eigenvalue weighted by atomic mass is 9.84. The number of hydrogen-bond acceptors (Lipinski definition) is 2. The summed E-state index contributed by atoms with van der Waals surface area (Å²) in [5, 5.41) is 11.2. The van der Waals surface area contributed by atoms with Gasteiger partial charge in [0, 0.05) is 34.0 Å². The fourth-order valence-corrected chi connectivity index (χ4v) is 9.09. The quantitative estimate of drug-likeness (QED) is 0.147. The molecule has 2 heteroatoms. The molecule has 292 valence electrons. The summed E-state index contributed by atoms with van der Waals surface area (Å²) in [5.41, 5.74) is 14.8. The third kappa shape index (κ3) is 6.94. The zero-order valence-corrected chi connectivity index (χ0v) is 34.1. The minimum atomic E-state index is 1.05. The number of nitrogens with zero attached hydrogens (tertiary/aromatic N) is 1. The summed E-state index contributed by atoms with van der Waals surface area (Å²) in [6.07, 6.45) is 0. The number of para-hydroxylation sites is 1. The van der Waals surface area contributed by atoms with Gasteiger partial charge in [-0.2, -0.15) is 0 Å². The molecule has 0 radical (unpaired) electrons. The van der Waals surface area contributed by atoms with Crippen LogP contribution >= 0.6 is 0 Å². The maximum atomic E-state index is 3.78. The van der Waals surface area contributed by atoms with Gasteiger partial charge in [0.15, 0.2) is 0 Å². The lowest BCUT2D eigenvalue weighted by molar-refractivity contribution is 1.28. The van der Waals surface area contributed by atoms with Crippen LogP contribution in [0.2, 0.25) is 0 Å². The van der Waals surface area contributed by atoms with Gasteiger partial charge in [-0.05, 0) is 132 Å². The van der Waals surface area contributed by atoms with Crippen LogP contribution in [-0.2, 0) is 0 Å². The smallest absolute Gasteiger partial charge is 0.0469 e. The molecule has 0 fully saturated rings. The monoisotopic (exact) mass is 790 g/mol. The Kier molecular flexibility index (Phi) is 9.57. The van der Waals surface area contributed by atoms with Crippen LogP contribution in [0.5, 0.6) is 0 Å². The fourth-order valence-electron chi connectivity index (χ4n) is 9.09. The van der Waals surface area contributed by atoms with Crippen LogP contribution in [0.4, 0.5) is 28.4 Å². The molecular formula is C60H42N2. The van der Waals surface area contributed by atoms with Crippen LogP contribution in [0, 0.1) is 0 Å². The van der Waals surface area contributed by atoms with Gasteiger partial charge in [-0.25, -0.2) is 0 Å². The van der Waals surface area contributed by atoms with Crippen LogP contribution in [0.1, 0.15) is 0 Å². The Bertz CT molecular complexity index is 3360. The van der Waals surface area contributed by atoms with Crippen LogP contribution in [0.3, 0.4) is 0 Å². The van der Waals surface area contributed by atoms with E-state index in [1.807, 2.05) is 0 Å². The molecule has 62 heavy (non-hydrogen) atoms. The van der Waals surface area contributed by atoms with Gasteiger partial charge in [-0.1, -0.05) is 188 Å². The first-order valence-electron chi connectivity index (χ1n) is 21.3. The van der Waals surface area contributed by atoms with Crippen LogP contribution < -0.4 is 10.2 Å². The second-order valence-electron chi connectivity index (χ2n) is 15.8. The lowest BCUT2D eigenvalue weighted by Gasteiger charge is -2.27. The van der Waals surface area contributed by atoms with Crippen molar-refractivity contribution in [3.05, 3.63) is 249 Å². The number of fused-ring (bicyclic) bond motifs is 4. The van der Waals surface area contributed by atoms with Gasteiger partial charge in [-0.15, -0.1) is 0 Å². The molecule has 0 saturated carbocycles. The van der Waals surface area contributed by atoms with Crippen LogP contribution in [0.25, 0.3) is 76.8 Å². The van der Waals surface area contributed by atoms with Gasteiger partial charge >= 0.3 is 0 Å². The Balaban J connectivity index is 1.06. The molecule has 0 amide bonds. The fraction of sp³-hybridized carbons (Fsp3) is 0. The molecule has 0 aromatic heterocycles. The molecule has 0 aliphatic rings. The van der Waals surface area contributed by atoms with Crippen molar-refractivity contribution in [1.29, 1.82) is 0 Å². The summed E-state index contributed by atoms with van der Waals surface area (Å²) < 4.78 is 0. The maximum Gasteiger partial charge on any atom is 0.0469 e. The van der Waals surface area contributed by atoms with E-state index in [1.54, 1.807) is 0 Å². The number of nitrogens with one attached hydrogen (secondary N) is 1. The third-order valence-corrected chi connectivity index (χ3v) is 12.0. The number of anilines is 5. The number of hydrogen-bond donors (Lipinski definition) is 1. The molecule has 11 aromatic rings. The molecule has 0 spiro atoms. The van der Waals surface area contributed by atoms with Gasteiger partial charge in [0.1, 0.15) is 0 Å². The number of benzene rings is 11. The van der Waals surface area contributed by atoms with E-state index in [0.717, 1.165) is 45.1 Å². The molecule has 11 aromatic carbocycles. The van der Waals surface area contributed by atoms with Crippen molar-refractivity contribution < 1.29 is 0 Å². The zero-order valence-electron chi connectivity index (χ0n) is 34.1. The van der Waals surface area contributed by atoms with Gasteiger partial charge < -0.3 is 10.2 Å². The second kappa shape index (κ2) is 16.1. The van der Waals surface area contributed by atoms with Gasteiger partial charge in [0.25, 0.3) is 0 Å². The van der Waals surface area contributed by atoms with Gasteiger partial charge in [0.2, 0.25) is 0 Å². The van der Waals surface area contributed by atoms with E-state index in [2.05, 4.69) is 259 Å². The minimum Gasteiger partial charge on any atom is -0.355 e. The first-order chi connectivity index (χ1) is 30.7. The van der Waals surface area contributed by atoms with Crippen molar-refractivity contribution in [2.24, 2.45) is 0 Å². The van der Waals surface area contributed by atoms with Gasteiger partial charge in [0.05, 0.1) is 0 Å². The molecule has 0 heterocycles. The Morgan fingerprint density at radius 2 is 0.806 bits per heavy atom. The summed E-state index contributed by atoms with van der Waals surface area (Å²) in [4.78, 5) is 2.37. The van der Waals surface area contributed by atoms with Crippen molar-refractivity contribution in [2.45, 2.75) is 0 Å². The van der Waals surface area contributed by atoms with Crippen molar-refractivity contribution in [3.63, 3.8) is 0 Å². The predicted molar refractivity (Wildman–Crippen MR) is 265 cm³/mol. The molecule has 0 bridgehead atoms. The van der Waals surface area contributed by atoms with Crippen molar-refractivity contribution in [3.8, 4) is 44.5 Å². The van der Waals surface area contributed by atoms with E-state index in [4.69, 9.17) is 0 Å². The third-order valence-electron chi connectivity index (χ3n) is 12.0. The SMILES string of the molecule is c1ccc(-c2cc(N(c3ccccc3)c3cccc(-c4ccc5c(c4)c(-c4ccccc4)c(-c4ccccc4)c4ccccc45)c3)ccc2Nc2ccc3ccccc3c2)cc1. The Morgan fingerprint density at radius 1 is 0.274 bits per heavy atom. The minimum absolute atomic E-state index is 1.05. The molecule has 11 rings (SSSR count). The molecule has 0 aliphatic carbocycles. The molecule has 2 nitrogen and oxygen atoms in total. The summed E-state index contributed by atoms with van der Waals surface area (Å²) in [5.74, 6) is 0. The number of rotatable bonds is 9. The average Bonchev–Trinajstić information content (AvgIpc) is 3.35. The molecular weight excluding hydrogens is 749 g/mol. The summed E-state index contributed by atoms with van der Waals surface area (Å²) >= 11 is 0. The first kappa shape index (κ1) is 36.8. The summed E-state index contributed by atoms with van der Waals surface area (Å²) in [6.45, 7) is 0. The molecule has 1 N–H and O–H groups in total. The average molecular weight is 791 g/mol. The lowest BCUT2D eigenvalue weighted by Crippen LogP contribution is -2.10. The first-order valence-corrected chi connectivity index (χ1v) is 21.3. The second-order valence-corrected chi connectivity index (χ2v) is 15.8. The van der Waals surface area contributed by atoms with Crippen molar-refractivity contribution >= 4 is 60.8 Å². The zero-order chi connectivity index (χ0) is 41.2. The van der Waals surface area contributed by atoms with E-state index < -0.39 is 0 Å². The maximum absolute atomic E-state index is 3.78. The Labute approximate surface area is 362 Å². The Morgan fingerprint density at radius 3 is 1.53 bits per heavy atom. The summed E-state index contributed by atoms with van der Waals surface area (Å²) in [6, 6.07) is 89.8. The largest absolute Gasteiger partial charge is 0.355 e. The molecule has 0 saturated heterocycles. The summed E-state index contributed by atoms with van der Waals surface area (Å²) in [7, 11) is 0. The van der Waals surface area contributed by atoms with E-state index in [0.29, 0.717) is 0 Å². The van der Waals surface area contributed by atoms with Crippen LogP contribution in [-0.4, -0.2) is 0 Å². The highest BCUT2D eigenvalue weighted by Gasteiger charge is 2.20. The van der Waals surface area contributed by atoms with Gasteiger partial charge in [-0.3, -0.25) is 0 Å². The topological polar surface area (TPSA) is 15.3 Å². The van der Waals surface area contributed by atoms with E-state index in [9.17, 15) is 0 Å². The highest BCUT2D eigenvalue weighted by atomic mass is 15.1. The van der Waals surface area contributed by atoms with Crippen LogP contribution in [0.15, 0.2) is 249 Å². The molecule has 0 atom stereocenters. The highest BCUT2D eigenvalue weighted by molar-refractivity contribution is 6.22. The Hall–Kier alpha value is -8.20. The molecule has 0 unspecified atom stereocenters. The van der Waals surface area contributed by atoms with E-state index in [1.165, 1.54) is 60.1 Å². The highest BCUT2D eigenvalue weighted by Crippen LogP contribution is 2.46. The standard InChI is InChI=1S/C60H42N2/c1-5-19-43(20-6-1)56-41-52(35-37-58(56)61-49-34-32-42-18-13-14-25-46(42)38-49)62(50-27-11-4-12-28-50)51-29-17-26-47(39-51)48-33-36-54-53-30-15-16-31-55(53)59(44-21-7-2-8-22-44)60(57(54)40-48)45-23-9-3-10-24-45/h1-41,61H. The van der Waals surface area contributed by atoms with E-state index >= 15 is 0 Å². The molecule has 0 aliphatic heterocycles. The van der Waals surface area contributed by atoms with Crippen molar-refractivity contribution in [2.75, 3.05) is 10.2 Å². The predicted octanol–water partition coefficient (Wildman–Crippen LogP) is 17.0.